The van der Waals surface area contributed by atoms with E-state index < -0.39 is 0 Å². The summed E-state index contributed by atoms with van der Waals surface area (Å²) >= 11 is 11.9. The van der Waals surface area contributed by atoms with Crippen LogP contribution in [-0.4, -0.2) is 4.98 Å². The van der Waals surface area contributed by atoms with Crippen molar-refractivity contribution in [3.63, 3.8) is 0 Å². The van der Waals surface area contributed by atoms with Gasteiger partial charge in [0.1, 0.15) is 5.52 Å². The molecule has 1 unspecified atom stereocenters. The number of rotatable bonds is 3. The number of hydrogen-bond acceptors (Lipinski definition) is 3. The van der Waals surface area contributed by atoms with Crippen LogP contribution in [0.3, 0.4) is 0 Å². The molecule has 1 heterocycles. The lowest BCUT2D eigenvalue weighted by Gasteiger charge is -2.10. The maximum atomic E-state index is 6.17. The topological polar surface area (TPSA) is 52.0 Å². The van der Waals surface area contributed by atoms with E-state index in [0.29, 0.717) is 22.4 Å². The van der Waals surface area contributed by atoms with E-state index >= 15 is 0 Å². The number of para-hydroxylation sites is 2. The first-order valence-electron chi connectivity index (χ1n) is 6.18. The number of benzene rings is 2. The summed E-state index contributed by atoms with van der Waals surface area (Å²) in [6, 6.07) is 12.8. The second kappa shape index (κ2) is 5.44. The van der Waals surface area contributed by atoms with Crippen LogP contribution < -0.4 is 5.73 Å². The van der Waals surface area contributed by atoms with E-state index in [9.17, 15) is 0 Å². The molecule has 2 N–H and O–H groups in total. The molecule has 0 spiro atoms. The highest BCUT2D eigenvalue weighted by atomic mass is 35.5. The van der Waals surface area contributed by atoms with Gasteiger partial charge in [-0.15, -0.1) is 0 Å². The molecule has 3 nitrogen and oxygen atoms in total. The van der Waals surface area contributed by atoms with Gasteiger partial charge < -0.3 is 10.2 Å². The van der Waals surface area contributed by atoms with E-state index in [1.54, 1.807) is 12.1 Å². The molecule has 3 aromatic rings. The molecule has 0 fully saturated rings. The van der Waals surface area contributed by atoms with Crippen LogP contribution in [0.4, 0.5) is 0 Å². The van der Waals surface area contributed by atoms with Gasteiger partial charge in [0.2, 0.25) is 0 Å². The molecule has 102 valence electrons. The fourth-order valence-corrected chi connectivity index (χ4v) is 2.36. The van der Waals surface area contributed by atoms with Crippen LogP contribution in [-0.2, 0) is 6.42 Å². The highest BCUT2D eigenvalue weighted by molar-refractivity contribution is 6.42. The van der Waals surface area contributed by atoms with Crippen LogP contribution in [0, 0.1) is 0 Å². The van der Waals surface area contributed by atoms with Crippen molar-refractivity contribution in [2.24, 2.45) is 5.73 Å². The third-order valence-electron chi connectivity index (χ3n) is 3.10. The van der Waals surface area contributed by atoms with Gasteiger partial charge in [0, 0.05) is 12.5 Å². The molecule has 0 aliphatic rings. The SMILES string of the molecule is NC(Cc1nc2ccccc2o1)c1ccc(Cl)c(Cl)c1. The van der Waals surface area contributed by atoms with Gasteiger partial charge in [-0.25, -0.2) is 4.98 Å². The summed E-state index contributed by atoms with van der Waals surface area (Å²) in [6.07, 6.45) is 0.507. The van der Waals surface area contributed by atoms with E-state index in [0.717, 1.165) is 16.7 Å². The van der Waals surface area contributed by atoms with E-state index in [1.165, 1.54) is 0 Å². The Hall–Kier alpha value is -1.55. The van der Waals surface area contributed by atoms with Gasteiger partial charge in [-0.3, -0.25) is 0 Å². The fourth-order valence-electron chi connectivity index (χ4n) is 2.06. The van der Waals surface area contributed by atoms with Crippen LogP contribution in [0.5, 0.6) is 0 Å². The van der Waals surface area contributed by atoms with Crippen LogP contribution in [0.25, 0.3) is 11.1 Å². The van der Waals surface area contributed by atoms with Crippen molar-refractivity contribution in [2.75, 3.05) is 0 Å². The van der Waals surface area contributed by atoms with E-state index in [2.05, 4.69) is 4.98 Å². The lowest BCUT2D eigenvalue weighted by atomic mass is 10.1. The van der Waals surface area contributed by atoms with Gasteiger partial charge in [0.15, 0.2) is 11.5 Å². The Morgan fingerprint density at radius 3 is 2.65 bits per heavy atom. The molecular weight excluding hydrogens is 295 g/mol. The molecule has 0 amide bonds. The molecule has 0 aliphatic heterocycles. The summed E-state index contributed by atoms with van der Waals surface area (Å²) < 4.78 is 5.66. The van der Waals surface area contributed by atoms with E-state index in [-0.39, 0.29) is 6.04 Å². The number of nitrogens with two attached hydrogens (primary N) is 1. The van der Waals surface area contributed by atoms with Crippen molar-refractivity contribution in [1.82, 2.24) is 4.98 Å². The number of halogens is 2. The van der Waals surface area contributed by atoms with Gasteiger partial charge in [-0.1, -0.05) is 41.4 Å². The van der Waals surface area contributed by atoms with Crippen molar-refractivity contribution in [3.8, 4) is 0 Å². The van der Waals surface area contributed by atoms with Gasteiger partial charge in [0.25, 0.3) is 0 Å². The third kappa shape index (κ3) is 2.66. The first-order chi connectivity index (χ1) is 9.63. The predicted molar refractivity (Wildman–Crippen MR) is 81.1 cm³/mol. The van der Waals surface area contributed by atoms with Crippen LogP contribution >= 0.6 is 23.2 Å². The minimum Gasteiger partial charge on any atom is -0.441 e. The molecule has 20 heavy (non-hydrogen) atoms. The summed E-state index contributed by atoms with van der Waals surface area (Å²) in [5, 5.41) is 1.02. The van der Waals surface area contributed by atoms with Crippen molar-refractivity contribution in [3.05, 3.63) is 64.0 Å². The molecule has 0 saturated heterocycles. The average molecular weight is 307 g/mol. The Labute approximate surface area is 126 Å². The van der Waals surface area contributed by atoms with Crippen molar-refractivity contribution >= 4 is 34.3 Å². The molecule has 2 aromatic carbocycles. The van der Waals surface area contributed by atoms with Gasteiger partial charge in [-0.2, -0.15) is 0 Å². The largest absolute Gasteiger partial charge is 0.441 e. The molecule has 0 radical (unpaired) electrons. The zero-order valence-electron chi connectivity index (χ0n) is 10.5. The highest BCUT2D eigenvalue weighted by Gasteiger charge is 2.13. The smallest absolute Gasteiger partial charge is 0.197 e. The van der Waals surface area contributed by atoms with Gasteiger partial charge >= 0.3 is 0 Å². The summed E-state index contributed by atoms with van der Waals surface area (Å²) in [5.74, 6) is 0.616. The zero-order valence-corrected chi connectivity index (χ0v) is 12.0. The quantitative estimate of drug-likeness (QED) is 0.781. The van der Waals surface area contributed by atoms with Crippen LogP contribution in [0.2, 0.25) is 10.0 Å². The number of hydrogen-bond donors (Lipinski definition) is 1. The Morgan fingerprint density at radius 2 is 1.90 bits per heavy atom. The zero-order chi connectivity index (χ0) is 14.1. The Morgan fingerprint density at radius 1 is 1.10 bits per heavy atom. The van der Waals surface area contributed by atoms with E-state index in [1.807, 2.05) is 30.3 Å². The molecule has 1 atom stereocenters. The summed E-state index contributed by atoms with van der Waals surface area (Å²) in [4.78, 5) is 4.41. The minimum absolute atomic E-state index is 0.238. The first-order valence-corrected chi connectivity index (χ1v) is 6.94. The van der Waals surface area contributed by atoms with Crippen molar-refractivity contribution in [1.29, 1.82) is 0 Å². The Bertz CT molecular complexity index is 721. The fraction of sp³-hybridized carbons (Fsp3) is 0.133. The monoisotopic (exact) mass is 306 g/mol. The molecule has 0 aliphatic carbocycles. The predicted octanol–water partition coefficient (Wildman–Crippen LogP) is 4.38. The molecule has 1 aromatic heterocycles. The minimum atomic E-state index is -0.238. The molecule has 5 heteroatoms. The maximum absolute atomic E-state index is 6.17. The summed E-state index contributed by atoms with van der Waals surface area (Å²) in [6.45, 7) is 0. The number of oxazole rings is 1. The highest BCUT2D eigenvalue weighted by Crippen LogP contribution is 2.26. The van der Waals surface area contributed by atoms with Gasteiger partial charge in [0.05, 0.1) is 10.0 Å². The van der Waals surface area contributed by atoms with Crippen LogP contribution in [0.15, 0.2) is 46.9 Å². The first kappa shape index (κ1) is 13.4. The summed E-state index contributed by atoms with van der Waals surface area (Å²) in [7, 11) is 0. The number of nitrogens with zero attached hydrogens (tertiary/aromatic N) is 1. The van der Waals surface area contributed by atoms with Gasteiger partial charge in [-0.05, 0) is 29.8 Å². The third-order valence-corrected chi connectivity index (χ3v) is 3.84. The second-order valence-electron chi connectivity index (χ2n) is 4.56. The molecular formula is C15H12Cl2N2O. The van der Waals surface area contributed by atoms with Crippen molar-refractivity contribution < 1.29 is 4.42 Å². The van der Waals surface area contributed by atoms with Crippen molar-refractivity contribution in [2.45, 2.75) is 12.5 Å². The Balaban J connectivity index is 1.84. The van der Waals surface area contributed by atoms with Crippen LogP contribution in [0.1, 0.15) is 17.5 Å². The number of aromatic nitrogens is 1. The lowest BCUT2D eigenvalue weighted by molar-refractivity contribution is 0.502. The summed E-state index contributed by atoms with van der Waals surface area (Å²) in [5.41, 5.74) is 8.67. The molecule has 0 bridgehead atoms. The standard InChI is InChI=1S/C15H12Cl2N2O/c16-10-6-5-9(7-11(10)17)12(18)8-15-19-13-3-1-2-4-14(13)20-15/h1-7,12H,8,18H2. The normalized spacial score (nSPS) is 12.8. The molecule has 3 rings (SSSR count). The average Bonchev–Trinajstić information content (AvgIpc) is 2.83. The number of fused-ring (bicyclic) bond motifs is 1. The Kier molecular flexibility index (Phi) is 3.66. The molecule has 0 saturated carbocycles. The second-order valence-corrected chi connectivity index (χ2v) is 5.37. The van der Waals surface area contributed by atoms with E-state index in [4.69, 9.17) is 33.4 Å². The lowest BCUT2D eigenvalue weighted by Crippen LogP contribution is -2.13. The maximum Gasteiger partial charge on any atom is 0.197 e.